The first-order chi connectivity index (χ1) is 13.0. The van der Waals surface area contributed by atoms with Crippen LogP contribution in [0.15, 0.2) is 30.3 Å². The third kappa shape index (κ3) is 3.35. The van der Waals surface area contributed by atoms with Crippen LogP contribution >= 0.6 is 11.3 Å². The first-order valence-corrected chi connectivity index (χ1v) is 9.98. The lowest BCUT2D eigenvalue weighted by atomic mass is 9.96. The highest BCUT2D eigenvalue weighted by atomic mass is 32.1. The van der Waals surface area contributed by atoms with Gasteiger partial charge in [0, 0.05) is 5.39 Å². The molecule has 6 nitrogen and oxygen atoms in total. The Hall–Kier alpha value is -2.67. The number of para-hydroxylation sites is 1. The summed E-state index contributed by atoms with van der Waals surface area (Å²) in [5, 5.41) is 17.7. The van der Waals surface area contributed by atoms with E-state index in [0.717, 1.165) is 28.8 Å². The summed E-state index contributed by atoms with van der Waals surface area (Å²) in [5.41, 5.74) is 1.31. The number of carboxylic acid groups (broad SMARTS) is 1. The Bertz CT molecular complexity index is 1010. The van der Waals surface area contributed by atoms with E-state index in [-0.39, 0.29) is 11.5 Å². The van der Waals surface area contributed by atoms with Gasteiger partial charge in [-0.15, -0.1) is 11.3 Å². The zero-order valence-electron chi connectivity index (χ0n) is 15.1. The second-order valence-electron chi connectivity index (χ2n) is 6.96. The maximum absolute atomic E-state index is 12.7. The van der Waals surface area contributed by atoms with Gasteiger partial charge < -0.3 is 10.4 Å². The molecule has 3 aromatic rings. The topological polar surface area (TPSA) is 84.2 Å². The van der Waals surface area contributed by atoms with E-state index >= 15 is 0 Å². The van der Waals surface area contributed by atoms with Crippen LogP contribution < -0.4 is 5.32 Å². The van der Waals surface area contributed by atoms with Crippen molar-refractivity contribution in [2.75, 3.05) is 5.32 Å². The normalized spacial score (nSPS) is 15.1. The van der Waals surface area contributed by atoms with Crippen LogP contribution in [0.4, 0.5) is 5.69 Å². The maximum Gasteiger partial charge on any atom is 0.337 e. The van der Waals surface area contributed by atoms with Gasteiger partial charge in [-0.2, -0.15) is 5.10 Å². The summed E-state index contributed by atoms with van der Waals surface area (Å²) < 4.78 is 2.09. The Kier molecular flexibility index (Phi) is 4.70. The van der Waals surface area contributed by atoms with Gasteiger partial charge in [0.15, 0.2) is 0 Å². The summed E-state index contributed by atoms with van der Waals surface area (Å²) >= 11 is 1.42. The standard InChI is InChI=1S/C20H21N3O3S/c1-12-15-11-17(18(24)21-16-10-6-5-9-14(16)20(25)26)27-19(15)23(22-12)13-7-3-2-4-8-13/h5-6,9-11,13H,2-4,7-8H2,1H3,(H,21,24)(H,25,26). The Morgan fingerprint density at radius 3 is 2.70 bits per heavy atom. The molecule has 2 heterocycles. The van der Waals surface area contributed by atoms with Crippen LogP contribution in [0.1, 0.15) is 63.9 Å². The number of carbonyl (C=O) groups is 2. The minimum absolute atomic E-state index is 0.0801. The van der Waals surface area contributed by atoms with Crippen molar-refractivity contribution in [3.8, 4) is 0 Å². The van der Waals surface area contributed by atoms with Crippen molar-refractivity contribution in [1.29, 1.82) is 0 Å². The van der Waals surface area contributed by atoms with Crippen molar-refractivity contribution in [3.63, 3.8) is 0 Å². The first kappa shape index (κ1) is 17.7. The van der Waals surface area contributed by atoms with Gasteiger partial charge in [0.1, 0.15) is 4.83 Å². The number of thiophene rings is 1. The van der Waals surface area contributed by atoms with Crippen LogP contribution in [0.2, 0.25) is 0 Å². The molecule has 4 rings (SSSR count). The van der Waals surface area contributed by atoms with Gasteiger partial charge in [-0.05, 0) is 38.0 Å². The quantitative estimate of drug-likeness (QED) is 0.674. The van der Waals surface area contributed by atoms with Crippen LogP contribution in [0.25, 0.3) is 10.2 Å². The average Bonchev–Trinajstić information content (AvgIpc) is 3.23. The van der Waals surface area contributed by atoms with E-state index in [0.29, 0.717) is 16.6 Å². The van der Waals surface area contributed by atoms with Gasteiger partial charge >= 0.3 is 5.97 Å². The number of benzene rings is 1. The monoisotopic (exact) mass is 383 g/mol. The Labute approximate surface area is 160 Å². The molecule has 0 spiro atoms. The molecule has 0 atom stereocenters. The van der Waals surface area contributed by atoms with Gasteiger partial charge in [0.25, 0.3) is 5.91 Å². The molecule has 0 bridgehead atoms. The molecule has 1 aromatic carbocycles. The highest BCUT2D eigenvalue weighted by Crippen LogP contribution is 2.35. The number of nitrogens with one attached hydrogen (secondary N) is 1. The number of hydrogen-bond donors (Lipinski definition) is 2. The van der Waals surface area contributed by atoms with Gasteiger partial charge in [0.2, 0.25) is 0 Å². The number of amides is 1. The predicted molar refractivity (Wildman–Crippen MR) is 106 cm³/mol. The van der Waals surface area contributed by atoms with Gasteiger partial charge in [-0.25, -0.2) is 4.79 Å². The molecule has 0 radical (unpaired) electrons. The van der Waals surface area contributed by atoms with Crippen molar-refractivity contribution in [2.24, 2.45) is 0 Å². The van der Waals surface area contributed by atoms with Crippen LogP contribution in [0.3, 0.4) is 0 Å². The van der Waals surface area contributed by atoms with E-state index in [1.54, 1.807) is 18.2 Å². The molecule has 140 valence electrons. The number of hydrogen-bond acceptors (Lipinski definition) is 4. The number of aromatic carboxylic acids is 1. The summed E-state index contributed by atoms with van der Waals surface area (Å²) in [5.74, 6) is -1.36. The van der Waals surface area contributed by atoms with E-state index in [1.165, 1.54) is 36.7 Å². The van der Waals surface area contributed by atoms with Crippen molar-refractivity contribution >= 4 is 39.1 Å². The zero-order chi connectivity index (χ0) is 19.0. The summed E-state index contributed by atoms with van der Waals surface area (Å²) in [4.78, 5) is 25.7. The van der Waals surface area contributed by atoms with Crippen molar-refractivity contribution in [3.05, 3.63) is 46.5 Å². The molecule has 1 amide bonds. The van der Waals surface area contributed by atoms with E-state index < -0.39 is 5.97 Å². The molecule has 0 saturated heterocycles. The van der Waals surface area contributed by atoms with Gasteiger partial charge in [-0.3, -0.25) is 9.48 Å². The van der Waals surface area contributed by atoms with E-state index in [2.05, 4.69) is 10.00 Å². The summed E-state index contributed by atoms with van der Waals surface area (Å²) in [7, 11) is 0. The molecule has 0 aliphatic heterocycles. The molecule has 1 aliphatic carbocycles. The van der Waals surface area contributed by atoms with E-state index in [9.17, 15) is 14.7 Å². The van der Waals surface area contributed by atoms with Gasteiger partial charge in [0.05, 0.1) is 27.9 Å². The highest BCUT2D eigenvalue weighted by Gasteiger charge is 2.23. The zero-order valence-corrected chi connectivity index (χ0v) is 15.9. The molecule has 2 aromatic heterocycles. The van der Waals surface area contributed by atoms with Crippen LogP contribution in [0, 0.1) is 6.92 Å². The number of fused-ring (bicyclic) bond motifs is 1. The second-order valence-corrected chi connectivity index (χ2v) is 7.99. The van der Waals surface area contributed by atoms with Crippen molar-refractivity contribution < 1.29 is 14.7 Å². The van der Waals surface area contributed by atoms with E-state index in [4.69, 9.17) is 5.10 Å². The smallest absolute Gasteiger partial charge is 0.337 e. The molecule has 27 heavy (non-hydrogen) atoms. The Morgan fingerprint density at radius 1 is 1.22 bits per heavy atom. The van der Waals surface area contributed by atoms with E-state index in [1.807, 2.05) is 13.0 Å². The Balaban J connectivity index is 1.64. The predicted octanol–water partition coefficient (Wildman–Crippen LogP) is 4.86. The van der Waals surface area contributed by atoms with Crippen LogP contribution in [-0.2, 0) is 0 Å². The largest absolute Gasteiger partial charge is 0.478 e. The third-order valence-corrected chi connectivity index (χ3v) is 6.24. The van der Waals surface area contributed by atoms with Crippen molar-refractivity contribution in [1.82, 2.24) is 9.78 Å². The lowest BCUT2D eigenvalue weighted by molar-refractivity contribution is 0.0698. The molecule has 1 saturated carbocycles. The number of anilines is 1. The van der Waals surface area contributed by atoms with Crippen molar-refractivity contribution in [2.45, 2.75) is 45.1 Å². The fraction of sp³-hybridized carbons (Fsp3) is 0.350. The molecule has 1 fully saturated rings. The minimum Gasteiger partial charge on any atom is -0.478 e. The molecule has 2 N–H and O–H groups in total. The number of carboxylic acids is 1. The molecule has 7 heteroatoms. The molecular formula is C20H21N3O3S. The minimum atomic E-state index is -1.06. The summed E-state index contributed by atoms with van der Waals surface area (Å²) in [6, 6.07) is 8.69. The molecule has 0 unspecified atom stereocenters. The lowest BCUT2D eigenvalue weighted by Gasteiger charge is -2.22. The first-order valence-electron chi connectivity index (χ1n) is 9.17. The van der Waals surface area contributed by atoms with Crippen LogP contribution in [0.5, 0.6) is 0 Å². The fourth-order valence-electron chi connectivity index (χ4n) is 3.72. The number of carbonyl (C=O) groups excluding carboxylic acids is 1. The maximum atomic E-state index is 12.7. The highest BCUT2D eigenvalue weighted by molar-refractivity contribution is 7.20. The fourth-order valence-corrected chi connectivity index (χ4v) is 4.85. The third-order valence-electron chi connectivity index (χ3n) is 5.12. The average molecular weight is 383 g/mol. The number of rotatable bonds is 4. The van der Waals surface area contributed by atoms with Crippen LogP contribution in [-0.4, -0.2) is 26.8 Å². The van der Waals surface area contributed by atoms with Gasteiger partial charge in [-0.1, -0.05) is 31.4 Å². The number of nitrogens with zero attached hydrogens (tertiary/aromatic N) is 2. The second kappa shape index (κ2) is 7.15. The number of aryl methyl sites for hydroxylation is 1. The lowest BCUT2D eigenvalue weighted by Crippen LogP contribution is -2.14. The summed E-state index contributed by atoms with van der Waals surface area (Å²) in [6.45, 7) is 1.97. The molecular weight excluding hydrogens is 362 g/mol. The Morgan fingerprint density at radius 2 is 1.96 bits per heavy atom. The SMILES string of the molecule is Cc1nn(C2CCCCC2)c2sc(C(=O)Nc3ccccc3C(=O)O)cc12. The number of aromatic nitrogens is 2. The summed E-state index contributed by atoms with van der Waals surface area (Å²) in [6.07, 6.45) is 5.97. The molecule has 1 aliphatic rings.